The van der Waals surface area contributed by atoms with Crippen LogP contribution in [0.2, 0.25) is 0 Å². The molecule has 0 bridgehead atoms. The van der Waals surface area contributed by atoms with E-state index in [0.29, 0.717) is 11.3 Å². The van der Waals surface area contributed by atoms with E-state index in [9.17, 15) is 0 Å². The summed E-state index contributed by atoms with van der Waals surface area (Å²) in [6, 6.07) is 58.8. The Hall–Kier alpha value is -7.25. The Morgan fingerprint density at radius 1 is 0.588 bits per heavy atom. The molecule has 12 rings (SSSR count). The number of imidazole rings is 1. The van der Waals surface area contributed by atoms with E-state index in [1.54, 1.807) is 0 Å². The largest absolute Gasteiger partial charge is 0.486 e. The standard InChI is InChI=1S/C46H34N3O2.C14H15N2.Ir/c1-26(2)35-23-30(28-13-6-5-7-14-28)24-36(27(3)4)42(35)49-43-31-16-9-8-15-29(31)21-22-38(43)47-45(49)34-19-12-18-32-37-25-40-41(48-46(37)51-44(32)34)33-17-10-11-20-39(33)50-40;1-14(2,3)12-9-10-15-13(16-12)11-7-5-4-6-8-11;/h5-18,20-27H,1-4H3;4-7,9-10H,1-3H3;/q2*-1;. The van der Waals surface area contributed by atoms with Crippen molar-refractivity contribution in [3.8, 4) is 39.6 Å². The van der Waals surface area contributed by atoms with Crippen LogP contribution in [0.1, 0.15) is 77.1 Å². The van der Waals surface area contributed by atoms with Crippen molar-refractivity contribution in [3.05, 3.63) is 187 Å². The molecule has 7 aromatic carbocycles. The molecule has 0 unspecified atom stereocenters. The van der Waals surface area contributed by atoms with E-state index < -0.39 is 0 Å². The summed E-state index contributed by atoms with van der Waals surface area (Å²) in [5.74, 6) is 2.01. The number of hydrogen-bond donors (Lipinski definition) is 0. The van der Waals surface area contributed by atoms with Crippen LogP contribution in [0.15, 0.2) is 167 Å². The fourth-order valence-electron chi connectivity index (χ4n) is 9.23. The number of para-hydroxylation sites is 1. The van der Waals surface area contributed by atoms with Gasteiger partial charge in [-0.1, -0.05) is 132 Å². The second-order valence-corrected chi connectivity index (χ2v) is 18.9. The number of nitrogens with zero attached hydrogens (tertiary/aromatic N) is 5. The average molecular weight is 1060 g/mol. The molecule has 7 nitrogen and oxygen atoms in total. The fraction of sp³-hybridized carbons (Fsp3) is 0.167. The van der Waals surface area contributed by atoms with Crippen LogP contribution in [0.5, 0.6) is 0 Å². The third-order valence-corrected chi connectivity index (χ3v) is 12.6. The van der Waals surface area contributed by atoms with Crippen molar-refractivity contribution in [2.45, 2.75) is 65.7 Å². The van der Waals surface area contributed by atoms with E-state index in [4.69, 9.17) is 18.8 Å². The maximum Gasteiger partial charge on any atom is 0.216 e. The summed E-state index contributed by atoms with van der Waals surface area (Å²) in [6.45, 7) is 15.6. The molecule has 337 valence electrons. The van der Waals surface area contributed by atoms with E-state index in [2.05, 4.69) is 166 Å². The second kappa shape index (κ2) is 17.8. The summed E-state index contributed by atoms with van der Waals surface area (Å²) < 4.78 is 15.4. The molecule has 0 aliphatic heterocycles. The predicted molar refractivity (Wildman–Crippen MR) is 274 cm³/mol. The van der Waals surface area contributed by atoms with Crippen LogP contribution in [0.4, 0.5) is 0 Å². The third-order valence-electron chi connectivity index (χ3n) is 12.6. The van der Waals surface area contributed by atoms with Crippen molar-refractivity contribution >= 4 is 65.9 Å². The van der Waals surface area contributed by atoms with Gasteiger partial charge in [0.1, 0.15) is 11.1 Å². The Labute approximate surface area is 409 Å². The van der Waals surface area contributed by atoms with Gasteiger partial charge in [-0.25, -0.2) is 4.98 Å². The second-order valence-electron chi connectivity index (χ2n) is 18.9. The van der Waals surface area contributed by atoms with E-state index in [-0.39, 0.29) is 37.4 Å². The van der Waals surface area contributed by atoms with Gasteiger partial charge in [0.2, 0.25) is 5.71 Å². The van der Waals surface area contributed by atoms with Gasteiger partial charge in [0.05, 0.1) is 28.3 Å². The first-order chi connectivity index (χ1) is 32.5. The van der Waals surface area contributed by atoms with Gasteiger partial charge in [0.25, 0.3) is 0 Å². The number of rotatable bonds is 6. The molecule has 5 aromatic heterocycles. The first kappa shape index (κ1) is 44.6. The fourth-order valence-corrected chi connectivity index (χ4v) is 9.23. The summed E-state index contributed by atoms with van der Waals surface area (Å²) >= 11 is 0. The van der Waals surface area contributed by atoms with Crippen molar-refractivity contribution in [2.75, 3.05) is 0 Å². The van der Waals surface area contributed by atoms with E-state index >= 15 is 0 Å². The number of hydrogen-bond acceptors (Lipinski definition) is 6. The van der Waals surface area contributed by atoms with Crippen LogP contribution in [0, 0.1) is 12.1 Å². The topological polar surface area (TPSA) is 82.8 Å². The normalized spacial score (nSPS) is 11.9. The molecule has 0 saturated heterocycles. The number of benzene rings is 7. The molecule has 68 heavy (non-hydrogen) atoms. The number of furan rings is 2. The Balaban J connectivity index is 0.000000270. The zero-order valence-electron chi connectivity index (χ0n) is 39.1. The zero-order valence-corrected chi connectivity index (χ0v) is 41.4. The van der Waals surface area contributed by atoms with Crippen LogP contribution in [0.3, 0.4) is 0 Å². The molecule has 12 aromatic rings. The van der Waals surface area contributed by atoms with Gasteiger partial charge in [-0.15, -0.1) is 54.1 Å². The van der Waals surface area contributed by atoms with E-state index in [1.807, 2.05) is 66.9 Å². The summed E-state index contributed by atoms with van der Waals surface area (Å²) in [5, 5.41) is 5.14. The van der Waals surface area contributed by atoms with Gasteiger partial charge in [0, 0.05) is 59.3 Å². The molecule has 8 heteroatoms. The predicted octanol–water partition coefficient (Wildman–Crippen LogP) is 16.0. The SMILES string of the molecule is CC(C)(C)c1ccnc(-c2[c-]cccc2)n1.CC(C)c1cc(-c2ccccc2)cc(C(C)C)c1-n1c(-c2[c-]ccc3c2oc2nc4c(cc23)oc2ccccc24)nc2ccc3ccccc3c21.[Ir]. The van der Waals surface area contributed by atoms with E-state index in [1.165, 1.54) is 27.6 Å². The number of fused-ring (bicyclic) bond motifs is 9. The summed E-state index contributed by atoms with van der Waals surface area (Å²) in [4.78, 5) is 19.3. The third kappa shape index (κ3) is 7.87. The first-order valence-electron chi connectivity index (χ1n) is 23.0. The maximum atomic E-state index is 6.73. The van der Waals surface area contributed by atoms with Crippen molar-refractivity contribution in [1.29, 1.82) is 0 Å². The van der Waals surface area contributed by atoms with Crippen molar-refractivity contribution in [2.24, 2.45) is 0 Å². The molecule has 0 aliphatic carbocycles. The smallest absolute Gasteiger partial charge is 0.216 e. The van der Waals surface area contributed by atoms with E-state index in [0.717, 1.165) is 83.4 Å². The zero-order chi connectivity index (χ0) is 46.0. The van der Waals surface area contributed by atoms with Crippen LogP contribution in [-0.2, 0) is 25.5 Å². The Morgan fingerprint density at radius 3 is 2.04 bits per heavy atom. The molecule has 1 radical (unpaired) electrons. The average Bonchev–Trinajstić information content (AvgIpc) is 4.04. The summed E-state index contributed by atoms with van der Waals surface area (Å²) in [5.41, 5.74) is 14.6. The van der Waals surface area contributed by atoms with Gasteiger partial charge in [-0.2, -0.15) is 0 Å². The molecule has 0 atom stereocenters. The van der Waals surface area contributed by atoms with Crippen LogP contribution in [-0.4, -0.2) is 24.5 Å². The van der Waals surface area contributed by atoms with Crippen LogP contribution < -0.4 is 0 Å². The molecular weight excluding hydrogens is 1010 g/mol. The Kier molecular flexibility index (Phi) is 11.6. The minimum atomic E-state index is 0. The molecule has 0 fully saturated rings. The molecule has 5 heterocycles. The van der Waals surface area contributed by atoms with Gasteiger partial charge in [-0.3, -0.25) is 15.0 Å². The minimum Gasteiger partial charge on any atom is -0.486 e. The van der Waals surface area contributed by atoms with Gasteiger partial charge in [0.15, 0.2) is 5.58 Å². The maximum absolute atomic E-state index is 6.73. The molecular formula is C60H49IrN5O2-2. The molecule has 0 saturated carbocycles. The summed E-state index contributed by atoms with van der Waals surface area (Å²) in [6.07, 6.45) is 1.81. The van der Waals surface area contributed by atoms with Gasteiger partial charge < -0.3 is 13.4 Å². The molecule has 0 spiro atoms. The summed E-state index contributed by atoms with van der Waals surface area (Å²) in [7, 11) is 0. The molecule has 0 amide bonds. The van der Waals surface area contributed by atoms with Gasteiger partial charge in [-0.05, 0) is 81.9 Å². The molecule has 0 aliphatic rings. The number of pyridine rings is 1. The van der Waals surface area contributed by atoms with Crippen LogP contribution in [0.25, 0.3) is 106 Å². The Bertz CT molecular complexity index is 3770. The molecule has 0 N–H and O–H groups in total. The van der Waals surface area contributed by atoms with Crippen molar-refractivity contribution in [1.82, 2.24) is 24.5 Å². The van der Waals surface area contributed by atoms with Gasteiger partial charge >= 0.3 is 0 Å². The monoisotopic (exact) mass is 1060 g/mol. The quantitative estimate of drug-likeness (QED) is 0.154. The minimum absolute atomic E-state index is 0. The van der Waals surface area contributed by atoms with Crippen molar-refractivity contribution < 1.29 is 28.9 Å². The van der Waals surface area contributed by atoms with Crippen molar-refractivity contribution in [3.63, 3.8) is 0 Å². The number of aromatic nitrogens is 5. The Morgan fingerprint density at radius 2 is 1.31 bits per heavy atom. The first-order valence-corrected chi connectivity index (χ1v) is 23.0. The van der Waals surface area contributed by atoms with Crippen LogP contribution >= 0.6 is 0 Å².